The molecule has 0 radical (unpaired) electrons. The van der Waals surface area contributed by atoms with E-state index in [0.717, 1.165) is 0 Å². The molecule has 28 heavy (non-hydrogen) atoms. The molecule has 0 N–H and O–H groups in total. The topological polar surface area (TPSA) is 3.88 Å². The Morgan fingerprint density at radius 1 is 0.607 bits per heavy atom. The van der Waals surface area contributed by atoms with Gasteiger partial charge >= 0.3 is 0 Å². The van der Waals surface area contributed by atoms with Crippen LogP contribution in [0.1, 0.15) is 16.8 Å². The van der Waals surface area contributed by atoms with Gasteiger partial charge in [-0.3, -0.25) is 0 Å². The van der Waals surface area contributed by atoms with E-state index in [9.17, 15) is 0 Å². The number of benzene rings is 3. The molecule has 1 heterocycles. The molecule has 0 aliphatic heterocycles. The first-order valence-corrected chi connectivity index (χ1v) is 9.60. The molecule has 0 aliphatic rings. The van der Waals surface area contributed by atoms with Crippen LogP contribution in [0.2, 0.25) is 0 Å². The third-order valence-electron chi connectivity index (χ3n) is 5.04. The second kappa shape index (κ2) is 8.06. The predicted octanol–water partition coefficient (Wildman–Crippen LogP) is 6.32. The van der Waals surface area contributed by atoms with E-state index in [4.69, 9.17) is 0 Å². The lowest BCUT2D eigenvalue weighted by Crippen LogP contribution is -2.34. The lowest BCUT2D eigenvalue weighted by Gasteiger charge is -2.08. The molecule has 0 fully saturated rings. The van der Waals surface area contributed by atoms with Gasteiger partial charge in [-0.2, -0.15) is 4.57 Å². The third kappa shape index (κ3) is 3.94. The second-order valence-electron chi connectivity index (χ2n) is 7.09. The molecule has 0 atom stereocenters. The predicted molar refractivity (Wildman–Crippen MR) is 119 cm³/mol. The highest BCUT2D eigenvalue weighted by atomic mass is 14.9. The number of pyridine rings is 1. The van der Waals surface area contributed by atoms with E-state index in [1.165, 1.54) is 39.2 Å². The Morgan fingerprint density at radius 2 is 1.21 bits per heavy atom. The van der Waals surface area contributed by atoms with Gasteiger partial charge in [0.25, 0.3) is 0 Å². The molecule has 0 saturated heterocycles. The maximum Gasteiger partial charge on any atom is 0.213 e. The van der Waals surface area contributed by atoms with Gasteiger partial charge in [-0.15, -0.1) is 0 Å². The van der Waals surface area contributed by atoms with Crippen LogP contribution in [0.25, 0.3) is 34.5 Å². The summed E-state index contributed by atoms with van der Waals surface area (Å²) in [6.45, 7) is 2.11. The summed E-state index contributed by atoms with van der Waals surface area (Å²) in [5, 5.41) is 0. The summed E-state index contributed by atoms with van der Waals surface area (Å²) in [6.07, 6.45) is 4.38. The minimum Gasteiger partial charge on any atom is -0.195 e. The molecule has 4 aromatic rings. The molecular weight excluding hydrogens is 338 g/mol. The number of aryl methyl sites for hydroxylation is 1. The summed E-state index contributed by atoms with van der Waals surface area (Å²) in [5.41, 5.74) is 8.52. The van der Waals surface area contributed by atoms with E-state index in [2.05, 4.69) is 128 Å². The van der Waals surface area contributed by atoms with Crippen molar-refractivity contribution in [3.8, 4) is 22.4 Å². The molecule has 1 aromatic heterocycles. The van der Waals surface area contributed by atoms with Gasteiger partial charge < -0.3 is 0 Å². The maximum atomic E-state index is 2.27. The molecule has 0 spiro atoms. The van der Waals surface area contributed by atoms with Crippen molar-refractivity contribution in [3.63, 3.8) is 0 Å². The zero-order chi connectivity index (χ0) is 19.3. The molecule has 1 heteroatoms. The monoisotopic (exact) mass is 362 g/mol. The van der Waals surface area contributed by atoms with E-state index in [1.54, 1.807) is 0 Å². The molecule has 1 nitrogen and oxygen atoms in total. The lowest BCUT2D eigenvalue weighted by atomic mass is 10.0. The highest BCUT2D eigenvalue weighted by Gasteiger charge is 2.16. The van der Waals surface area contributed by atoms with Crippen LogP contribution in [-0.4, -0.2) is 0 Å². The van der Waals surface area contributed by atoms with Crippen molar-refractivity contribution < 1.29 is 4.57 Å². The summed E-state index contributed by atoms with van der Waals surface area (Å²) in [5.74, 6) is 0. The van der Waals surface area contributed by atoms with Crippen LogP contribution in [0.15, 0.2) is 97.1 Å². The van der Waals surface area contributed by atoms with E-state index < -0.39 is 0 Å². The number of aromatic nitrogens is 1. The van der Waals surface area contributed by atoms with Gasteiger partial charge in [-0.25, -0.2) is 0 Å². The normalized spacial score (nSPS) is 11.1. The van der Waals surface area contributed by atoms with Gasteiger partial charge in [0, 0.05) is 23.8 Å². The number of hydrogen-bond donors (Lipinski definition) is 0. The summed E-state index contributed by atoms with van der Waals surface area (Å²) in [6, 6.07) is 34.3. The van der Waals surface area contributed by atoms with Crippen molar-refractivity contribution in [2.75, 3.05) is 0 Å². The van der Waals surface area contributed by atoms with Gasteiger partial charge in [-0.05, 0) is 41.8 Å². The zero-order valence-corrected chi connectivity index (χ0v) is 16.3. The first-order chi connectivity index (χ1) is 13.7. The Hall–Kier alpha value is -3.45. The Kier molecular flexibility index (Phi) is 5.16. The number of nitrogens with zero attached hydrogens (tertiary/aromatic N) is 1. The van der Waals surface area contributed by atoms with Crippen LogP contribution < -0.4 is 4.57 Å². The average Bonchev–Trinajstić information content (AvgIpc) is 2.75. The standard InChI is InChI=1S/C27H24N/c1-21-13-15-22(16-14-21)17-18-26-19-25(23-9-5-3-6-10-23)20-27(28(26)2)24-11-7-4-8-12-24/h3-20H,1-2H3/q+1/b18-17+. The molecule has 3 aromatic carbocycles. The minimum absolute atomic E-state index is 1.17. The summed E-state index contributed by atoms with van der Waals surface area (Å²) < 4.78 is 2.26. The van der Waals surface area contributed by atoms with Gasteiger partial charge in [0.05, 0.1) is 0 Å². The van der Waals surface area contributed by atoms with Gasteiger partial charge in [-0.1, -0.05) is 78.4 Å². The Labute approximate surface area is 167 Å². The Bertz CT molecular complexity index is 1090. The number of rotatable bonds is 4. The molecule has 0 amide bonds. The molecule has 136 valence electrons. The van der Waals surface area contributed by atoms with Crippen LogP contribution >= 0.6 is 0 Å². The van der Waals surface area contributed by atoms with Crippen LogP contribution in [0.3, 0.4) is 0 Å². The van der Waals surface area contributed by atoms with Crippen LogP contribution in [-0.2, 0) is 7.05 Å². The van der Waals surface area contributed by atoms with Crippen LogP contribution in [0, 0.1) is 6.92 Å². The molecular formula is C27H24N+. The SMILES string of the molecule is Cc1ccc(/C=C/c2cc(-c3ccccc3)cc(-c3ccccc3)[n+]2C)cc1. The van der Waals surface area contributed by atoms with Crippen molar-refractivity contribution >= 4 is 12.2 Å². The number of hydrogen-bond acceptors (Lipinski definition) is 0. The molecule has 0 aliphatic carbocycles. The first kappa shape index (κ1) is 17.9. The van der Waals surface area contributed by atoms with Crippen molar-refractivity contribution in [2.45, 2.75) is 6.92 Å². The Balaban J connectivity index is 1.83. The fourth-order valence-electron chi connectivity index (χ4n) is 3.38. The third-order valence-corrected chi connectivity index (χ3v) is 5.04. The van der Waals surface area contributed by atoms with Gasteiger partial charge in [0.1, 0.15) is 7.05 Å². The fraction of sp³-hybridized carbons (Fsp3) is 0.0741. The van der Waals surface area contributed by atoms with Gasteiger partial charge in [0.15, 0.2) is 0 Å². The molecule has 4 rings (SSSR count). The minimum atomic E-state index is 1.17. The van der Waals surface area contributed by atoms with Crippen molar-refractivity contribution in [3.05, 3.63) is 114 Å². The van der Waals surface area contributed by atoms with E-state index in [-0.39, 0.29) is 0 Å². The van der Waals surface area contributed by atoms with Crippen LogP contribution in [0.4, 0.5) is 0 Å². The quantitative estimate of drug-likeness (QED) is 0.374. The molecule has 0 saturated carbocycles. The van der Waals surface area contributed by atoms with Crippen molar-refractivity contribution in [2.24, 2.45) is 7.05 Å². The largest absolute Gasteiger partial charge is 0.213 e. The smallest absolute Gasteiger partial charge is 0.195 e. The van der Waals surface area contributed by atoms with E-state index in [0.29, 0.717) is 0 Å². The lowest BCUT2D eigenvalue weighted by molar-refractivity contribution is -0.662. The zero-order valence-electron chi connectivity index (χ0n) is 16.3. The summed E-state index contributed by atoms with van der Waals surface area (Å²) in [7, 11) is 2.13. The fourth-order valence-corrected chi connectivity index (χ4v) is 3.38. The van der Waals surface area contributed by atoms with Gasteiger partial charge in [0.2, 0.25) is 11.4 Å². The van der Waals surface area contributed by atoms with E-state index in [1.807, 2.05) is 0 Å². The summed E-state index contributed by atoms with van der Waals surface area (Å²) in [4.78, 5) is 0. The molecule has 0 bridgehead atoms. The summed E-state index contributed by atoms with van der Waals surface area (Å²) >= 11 is 0. The first-order valence-electron chi connectivity index (χ1n) is 9.60. The Morgan fingerprint density at radius 3 is 1.86 bits per heavy atom. The van der Waals surface area contributed by atoms with Crippen molar-refractivity contribution in [1.82, 2.24) is 0 Å². The van der Waals surface area contributed by atoms with E-state index >= 15 is 0 Å². The highest BCUT2D eigenvalue weighted by molar-refractivity contribution is 5.74. The maximum absolute atomic E-state index is 2.27. The second-order valence-corrected chi connectivity index (χ2v) is 7.09. The molecule has 0 unspecified atom stereocenters. The van der Waals surface area contributed by atoms with Crippen molar-refractivity contribution in [1.29, 1.82) is 0 Å². The van der Waals surface area contributed by atoms with Crippen LogP contribution in [0.5, 0.6) is 0 Å². The highest BCUT2D eigenvalue weighted by Crippen LogP contribution is 2.25. The average molecular weight is 362 g/mol.